The van der Waals surface area contributed by atoms with Gasteiger partial charge in [-0.25, -0.2) is 19.9 Å². The number of benzene rings is 3. The normalized spacial score (nSPS) is 17.7. The summed E-state index contributed by atoms with van der Waals surface area (Å²) in [4.78, 5) is 32.4. The second-order valence-electron chi connectivity index (χ2n) is 36.5. The molecule has 0 unspecified atom stereocenters. The van der Waals surface area contributed by atoms with E-state index in [0.717, 1.165) is 196 Å². The van der Waals surface area contributed by atoms with Crippen LogP contribution < -0.4 is 21.3 Å². The van der Waals surface area contributed by atoms with Gasteiger partial charge in [-0.1, -0.05) is 162 Å². The second kappa shape index (κ2) is 35.4. The molecule has 0 spiro atoms. The average molecular weight is 1650 g/mol. The molecule has 12 heterocycles. The van der Waals surface area contributed by atoms with Crippen molar-refractivity contribution < 1.29 is 27.6 Å². The van der Waals surface area contributed by atoms with Gasteiger partial charge in [0.15, 0.2) is 0 Å². The maximum Gasteiger partial charge on any atom is 0.325 e. The molecule has 0 radical (unpaired) electrons. The van der Waals surface area contributed by atoms with Crippen LogP contribution in [0.2, 0.25) is 0 Å². The number of carbonyl (C=O) groups is 1. The zero-order valence-corrected chi connectivity index (χ0v) is 74.0. The van der Waals surface area contributed by atoms with Crippen molar-refractivity contribution in [1.29, 1.82) is 0 Å². The minimum atomic E-state index is -0.530. The van der Waals surface area contributed by atoms with Gasteiger partial charge in [-0.05, 0) is 268 Å². The Bertz CT molecular complexity index is 6130. The van der Waals surface area contributed by atoms with Gasteiger partial charge < -0.3 is 44.1 Å². The number of aryl methyl sites for hydroxylation is 13. The largest absolute Gasteiger partial charge is 0.459 e. The fraction of sp³-hybridized carbons (Fsp3) is 0.416. The number of ether oxygens (including phenoxy) is 1. The average Bonchev–Trinajstić information content (AvgIpc) is 1.71. The van der Waals surface area contributed by atoms with E-state index in [1.807, 2.05) is 117 Å². The zero-order chi connectivity index (χ0) is 85.4. The first-order valence-electron chi connectivity index (χ1n) is 44.7. The van der Waals surface area contributed by atoms with E-state index in [9.17, 15) is 4.79 Å². The smallest absolute Gasteiger partial charge is 0.325 e. The van der Waals surface area contributed by atoms with Crippen LogP contribution >= 0.6 is 0 Å². The van der Waals surface area contributed by atoms with Crippen LogP contribution in [0.1, 0.15) is 211 Å². The number of nitrogens with one attached hydrogen (secondary N) is 4. The third-order valence-corrected chi connectivity index (χ3v) is 25.7. The van der Waals surface area contributed by atoms with Crippen LogP contribution in [0.4, 0.5) is 23.3 Å². The maximum atomic E-state index is 12.3. The molecule has 21 rings (SSSR count). The van der Waals surface area contributed by atoms with Gasteiger partial charge in [0.2, 0.25) is 0 Å². The van der Waals surface area contributed by atoms with Gasteiger partial charge in [0, 0.05) is 75.8 Å². The molecule has 0 aliphatic heterocycles. The first-order chi connectivity index (χ1) is 59.4. The van der Waals surface area contributed by atoms with Crippen molar-refractivity contribution in [3.05, 3.63) is 226 Å². The predicted octanol–water partition coefficient (Wildman–Crippen LogP) is 23.7. The number of anilines is 4. The molecular weight excluding hydrogens is 1530 g/mol. The molecule has 0 amide bonds. The van der Waals surface area contributed by atoms with Gasteiger partial charge in [0.25, 0.3) is 0 Å². The number of esters is 1. The number of hydrogen-bond donors (Lipinski definition) is 4. The highest BCUT2D eigenvalue weighted by molar-refractivity contribution is 5.83. The number of nitrogens with zero attached hydrogens (tertiary/aromatic N) is 12. The van der Waals surface area contributed by atoms with Crippen molar-refractivity contribution in [3.8, 4) is 67.0 Å². The summed E-state index contributed by atoms with van der Waals surface area (Å²) in [6, 6.07) is 45.7. The summed E-state index contributed by atoms with van der Waals surface area (Å²) >= 11 is 0. The van der Waals surface area contributed by atoms with Crippen molar-refractivity contribution in [3.63, 3.8) is 0 Å². The Morgan fingerprint density at radius 2 is 0.805 bits per heavy atom. The Kier molecular flexibility index (Phi) is 24.0. The van der Waals surface area contributed by atoms with E-state index in [1.165, 1.54) is 136 Å². The van der Waals surface area contributed by atoms with Crippen molar-refractivity contribution in [2.75, 3.05) is 27.8 Å². The van der Waals surface area contributed by atoms with Crippen LogP contribution in [0.25, 0.3) is 89.6 Å². The van der Waals surface area contributed by atoms with Gasteiger partial charge in [-0.2, -0.15) is 0 Å². The molecule has 6 saturated carbocycles. The summed E-state index contributed by atoms with van der Waals surface area (Å²) in [6.07, 6.45) is 33.2. The molecule has 6 fully saturated rings. The molecule has 4 N–H and O–H groups in total. The maximum absolute atomic E-state index is 12.3. The highest BCUT2D eigenvalue weighted by atomic mass is 16.6. The third kappa shape index (κ3) is 18.1. The third-order valence-electron chi connectivity index (χ3n) is 25.7. The molecule has 15 aromatic rings. The summed E-state index contributed by atoms with van der Waals surface area (Å²) in [5.74, 6) is 9.91. The highest BCUT2D eigenvalue weighted by Gasteiger charge is 2.51. The quantitative estimate of drug-likeness (QED) is 0.0518. The fourth-order valence-electron chi connectivity index (χ4n) is 20.3. The van der Waals surface area contributed by atoms with Crippen LogP contribution in [0.5, 0.6) is 0 Å². The summed E-state index contributed by atoms with van der Waals surface area (Å²) in [6.45, 7) is 27.8. The topological polar surface area (TPSA) is 248 Å². The first-order valence-corrected chi connectivity index (χ1v) is 44.7. The molecule has 22 heteroatoms. The predicted molar refractivity (Wildman–Crippen MR) is 489 cm³/mol. The molecular formula is C101H118N16O6. The van der Waals surface area contributed by atoms with Crippen LogP contribution in [0, 0.1) is 87.0 Å². The van der Waals surface area contributed by atoms with Crippen LogP contribution in [0.15, 0.2) is 170 Å². The lowest BCUT2D eigenvalue weighted by Crippen LogP contribution is -2.55. The zero-order valence-electron chi connectivity index (χ0n) is 74.0. The number of fused-ring (bicyclic) bond motifs is 4. The van der Waals surface area contributed by atoms with E-state index in [2.05, 4.69) is 192 Å². The molecule has 12 aromatic heterocycles. The first kappa shape index (κ1) is 83.2. The number of aromatic nitrogens is 12. The number of imidazole rings is 4. The van der Waals surface area contributed by atoms with E-state index >= 15 is 0 Å². The standard InChI is InChI=1S/C29H32N4O.C26H30N4O3.C25H28N4O.C21H28N4O/c1-17-4-6-23(7-5-17)27-28(31-29-14-20-10-21(15-29)12-22(11-20)16-29)33-9-8-24(13-25(33)30-27)26-18(2)32-34-19(26)3;1-17-24(18(2)33-29-17)20-13-14-30-22(15-20)28-21(12-11-19-9-7-6-8-10-19)25(30)27-16-23(31)32-26(3,4)5;1-16-9-11-19(12-10-16)24-25(26-21-7-5-4-6-8-21)29-14-13-20(15-22(29)27-24)23-17(2)28-30-18(23)3;1-4-8-18-21(22-17-9-6-5-7-10-17)25-12-11-16(13-19(25)23-18)20-14(2)24-26-15(20)3/h4-9,13,20-22,31H,10-12,14-16H2,1-3H3;6-10,13-15,27H,11-12,16H2,1-5H3;9-15,21,26H,4-8H2,1-3H3;11-13,17,22H,4-10H2,1-3H3. The number of carbonyl (C=O) groups excluding carboxylic acids is 1. The van der Waals surface area contributed by atoms with Gasteiger partial charge in [-0.15, -0.1) is 0 Å². The van der Waals surface area contributed by atoms with Gasteiger partial charge in [0.1, 0.15) is 92.4 Å². The summed E-state index contributed by atoms with van der Waals surface area (Å²) in [7, 11) is 0. The van der Waals surface area contributed by atoms with Gasteiger partial charge in [0.05, 0.1) is 34.2 Å². The number of rotatable bonds is 20. The van der Waals surface area contributed by atoms with Gasteiger partial charge in [-0.3, -0.25) is 22.4 Å². The lowest BCUT2D eigenvalue weighted by molar-refractivity contribution is -0.152. The van der Waals surface area contributed by atoms with Crippen LogP contribution in [-0.4, -0.2) is 93.9 Å². The Morgan fingerprint density at radius 1 is 0.431 bits per heavy atom. The van der Waals surface area contributed by atoms with Crippen LogP contribution in [0.3, 0.4) is 0 Å². The Labute approximate surface area is 720 Å². The van der Waals surface area contributed by atoms with E-state index in [4.69, 9.17) is 42.8 Å². The number of pyridine rings is 4. The van der Waals surface area contributed by atoms with Crippen molar-refractivity contribution in [2.45, 2.75) is 249 Å². The minimum absolute atomic E-state index is 0.0645. The van der Waals surface area contributed by atoms with Crippen molar-refractivity contribution >= 4 is 51.8 Å². The van der Waals surface area contributed by atoms with Crippen molar-refractivity contribution in [2.24, 2.45) is 17.8 Å². The molecule has 6 aliphatic carbocycles. The minimum Gasteiger partial charge on any atom is -0.459 e. The Hall–Kier alpha value is -12.1. The van der Waals surface area contributed by atoms with E-state index in [-0.39, 0.29) is 18.1 Å². The van der Waals surface area contributed by atoms with E-state index in [1.54, 1.807) is 0 Å². The molecule has 22 nitrogen and oxygen atoms in total. The lowest BCUT2D eigenvalue weighted by Gasteiger charge is -2.57. The molecule has 638 valence electrons. The monoisotopic (exact) mass is 1650 g/mol. The Morgan fingerprint density at radius 3 is 1.20 bits per heavy atom. The Balaban J connectivity index is 0.000000117. The van der Waals surface area contributed by atoms with Crippen LogP contribution in [-0.2, 0) is 28.8 Å². The second-order valence-corrected chi connectivity index (χ2v) is 36.5. The van der Waals surface area contributed by atoms with E-state index < -0.39 is 5.60 Å². The summed E-state index contributed by atoms with van der Waals surface area (Å²) < 4.78 is 35.6. The van der Waals surface area contributed by atoms with E-state index in [0.29, 0.717) is 12.1 Å². The van der Waals surface area contributed by atoms with Gasteiger partial charge >= 0.3 is 5.97 Å². The lowest BCUT2D eigenvalue weighted by atomic mass is 9.53. The molecule has 0 saturated heterocycles. The fourth-order valence-corrected chi connectivity index (χ4v) is 20.3. The number of hydrogen-bond acceptors (Lipinski definition) is 18. The molecule has 6 aliphatic rings. The molecule has 3 aromatic carbocycles. The van der Waals surface area contributed by atoms with Crippen molar-refractivity contribution in [1.82, 2.24) is 58.2 Å². The summed E-state index contributed by atoms with van der Waals surface area (Å²) in [5.41, 5.74) is 25.6. The molecule has 123 heavy (non-hydrogen) atoms. The molecule has 0 atom stereocenters. The SMILES string of the molecule is CCCc1nc2cc(-c3c(C)noc3C)ccn2c1NC1CCCCC1.Cc1ccc(-c2nc3cc(-c4c(C)noc4C)ccn3c2NC23CC4CC(CC(C4)C2)C3)cc1.Cc1ccc(-c2nc3cc(-c4c(C)noc4C)ccn3c2NC2CCCCC2)cc1.Cc1noc(C)c1-c1ccn2c(NCC(=O)OC(C)(C)C)c(CCc3ccccc3)nc2c1. The summed E-state index contributed by atoms with van der Waals surface area (Å²) in [5, 5.41) is 31.5. The molecule has 4 bridgehead atoms. The highest BCUT2D eigenvalue weighted by Crippen LogP contribution is 2.57.